The van der Waals surface area contributed by atoms with Crippen molar-refractivity contribution < 1.29 is 4.79 Å². The molecule has 1 amide bonds. The van der Waals surface area contributed by atoms with Gasteiger partial charge in [0.05, 0.1) is 5.52 Å². The number of hydrogen-bond acceptors (Lipinski definition) is 6. The molecule has 7 nitrogen and oxygen atoms in total. The van der Waals surface area contributed by atoms with Crippen LogP contribution in [0.2, 0.25) is 0 Å². The Balaban J connectivity index is 1.17. The summed E-state index contributed by atoms with van der Waals surface area (Å²) in [6.07, 6.45) is 7.10. The number of piperazine rings is 1. The van der Waals surface area contributed by atoms with Crippen molar-refractivity contribution in [3.8, 4) is 0 Å². The monoisotopic (exact) mass is 402 g/mol. The summed E-state index contributed by atoms with van der Waals surface area (Å²) >= 11 is 0. The third kappa shape index (κ3) is 3.73. The van der Waals surface area contributed by atoms with Crippen molar-refractivity contribution in [2.75, 3.05) is 44.2 Å². The summed E-state index contributed by atoms with van der Waals surface area (Å²) < 4.78 is 0. The zero-order valence-corrected chi connectivity index (χ0v) is 17.0. The first-order valence-corrected chi connectivity index (χ1v) is 10.7. The van der Waals surface area contributed by atoms with Crippen molar-refractivity contribution in [1.29, 1.82) is 0 Å². The second-order valence-electron chi connectivity index (χ2n) is 8.00. The van der Waals surface area contributed by atoms with Gasteiger partial charge in [-0.15, -0.1) is 0 Å². The summed E-state index contributed by atoms with van der Waals surface area (Å²) in [5.74, 6) is 1.16. The van der Waals surface area contributed by atoms with Gasteiger partial charge in [-0.05, 0) is 37.1 Å². The summed E-state index contributed by atoms with van der Waals surface area (Å²) in [5, 5.41) is 1.12. The molecule has 1 aromatic carbocycles. The van der Waals surface area contributed by atoms with Crippen LogP contribution in [-0.4, -0.2) is 76.0 Å². The number of hydrogen-bond donors (Lipinski definition) is 0. The minimum absolute atomic E-state index is 0.122. The summed E-state index contributed by atoms with van der Waals surface area (Å²) in [6, 6.07) is 12.4. The third-order valence-electron chi connectivity index (χ3n) is 6.33. The van der Waals surface area contributed by atoms with Crippen LogP contribution in [0, 0.1) is 0 Å². The van der Waals surface area contributed by atoms with E-state index >= 15 is 0 Å². The molecule has 154 valence electrons. The lowest BCUT2D eigenvalue weighted by atomic mass is 10.0. The van der Waals surface area contributed by atoms with Crippen LogP contribution in [0.25, 0.3) is 10.9 Å². The van der Waals surface area contributed by atoms with Crippen LogP contribution in [-0.2, 0) is 0 Å². The number of rotatable bonds is 3. The van der Waals surface area contributed by atoms with E-state index in [1.807, 2.05) is 23.1 Å². The Hall–Kier alpha value is -3.06. The number of anilines is 1. The summed E-state index contributed by atoms with van der Waals surface area (Å²) in [7, 11) is 0. The molecule has 0 radical (unpaired) electrons. The first-order valence-electron chi connectivity index (χ1n) is 10.7. The Kier molecular flexibility index (Phi) is 5.27. The number of nitrogens with zero attached hydrogens (tertiary/aromatic N) is 6. The normalized spacial score (nSPS) is 18.7. The number of benzene rings is 1. The van der Waals surface area contributed by atoms with Gasteiger partial charge in [0.25, 0.3) is 5.91 Å². The predicted molar refractivity (Wildman–Crippen MR) is 116 cm³/mol. The third-order valence-corrected chi connectivity index (χ3v) is 6.33. The van der Waals surface area contributed by atoms with Gasteiger partial charge in [0, 0.05) is 68.7 Å². The highest BCUT2D eigenvalue weighted by Gasteiger charge is 2.30. The molecule has 2 aromatic heterocycles. The van der Waals surface area contributed by atoms with Crippen LogP contribution in [0.5, 0.6) is 0 Å². The maximum absolute atomic E-state index is 12.7. The molecule has 2 saturated heterocycles. The Labute approximate surface area is 176 Å². The van der Waals surface area contributed by atoms with Gasteiger partial charge in [-0.25, -0.2) is 9.97 Å². The van der Waals surface area contributed by atoms with Crippen molar-refractivity contribution in [3.63, 3.8) is 0 Å². The lowest BCUT2D eigenvalue weighted by Crippen LogP contribution is -2.54. The molecule has 0 saturated carbocycles. The molecular weight excluding hydrogens is 376 g/mol. The smallest absolute Gasteiger partial charge is 0.253 e. The molecule has 5 rings (SSSR count). The molecule has 0 aliphatic carbocycles. The SMILES string of the molecule is O=C(c1ccncc1)N1CCC(N2CCN(c3ncnc4ccccc34)CC2)CC1. The number of para-hydroxylation sites is 1. The van der Waals surface area contributed by atoms with Crippen molar-refractivity contribution in [2.24, 2.45) is 0 Å². The van der Waals surface area contributed by atoms with E-state index in [1.165, 1.54) is 0 Å². The molecule has 3 aromatic rings. The molecule has 0 N–H and O–H groups in total. The number of amides is 1. The fourth-order valence-corrected chi connectivity index (χ4v) is 4.65. The van der Waals surface area contributed by atoms with E-state index in [-0.39, 0.29) is 5.91 Å². The van der Waals surface area contributed by atoms with E-state index in [0.29, 0.717) is 6.04 Å². The van der Waals surface area contributed by atoms with Crippen LogP contribution in [0.4, 0.5) is 5.82 Å². The van der Waals surface area contributed by atoms with E-state index in [4.69, 9.17) is 0 Å². The van der Waals surface area contributed by atoms with Crippen molar-refractivity contribution >= 4 is 22.6 Å². The van der Waals surface area contributed by atoms with Gasteiger partial charge < -0.3 is 9.80 Å². The fourth-order valence-electron chi connectivity index (χ4n) is 4.65. The Bertz CT molecular complexity index is 1010. The number of likely N-dealkylation sites (tertiary alicyclic amines) is 1. The molecule has 0 atom stereocenters. The van der Waals surface area contributed by atoms with Gasteiger partial charge in [0.1, 0.15) is 12.1 Å². The molecule has 0 bridgehead atoms. The topological polar surface area (TPSA) is 65.5 Å². The van der Waals surface area contributed by atoms with Crippen molar-refractivity contribution in [2.45, 2.75) is 18.9 Å². The van der Waals surface area contributed by atoms with Crippen LogP contribution < -0.4 is 4.90 Å². The van der Waals surface area contributed by atoms with Crippen molar-refractivity contribution in [1.82, 2.24) is 24.8 Å². The molecule has 2 fully saturated rings. The maximum atomic E-state index is 12.7. The second-order valence-corrected chi connectivity index (χ2v) is 8.00. The molecule has 0 spiro atoms. The van der Waals surface area contributed by atoms with Crippen LogP contribution in [0.15, 0.2) is 55.1 Å². The van der Waals surface area contributed by atoms with E-state index < -0.39 is 0 Å². The Morgan fingerprint density at radius 3 is 2.37 bits per heavy atom. The summed E-state index contributed by atoms with van der Waals surface area (Å²) in [6.45, 7) is 5.64. The number of aromatic nitrogens is 3. The highest BCUT2D eigenvalue weighted by Crippen LogP contribution is 2.25. The first kappa shape index (κ1) is 18.9. The highest BCUT2D eigenvalue weighted by atomic mass is 16.2. The zero-order valence-electron chi connectivity index (χ0n) is 17.0. The summed E-state index contributed by atoms with van der Waals surface area (Å²) in [4.78, 5) is 32.6. The second kappa shape index (κ2) is 8.36. The van der Waals surface area contributed by atoms with E-state index in [2.05, 4.69) is 30.8 Å². The van der Waals surface area contributed by atoms with Gasteiger partial charge in [-0.3, -0.25) is 14.7 Å². The van der Waals surface area contributed by atoms with Crippen molar-refractivity contribution in [3.05, 3.63) is 60.7 Å². The summed E-state index contributed by atoms with van der Waals surface area (Å²) in [5.41, 5.74) is 1.73. The molecule has 30 heavy (non-hydrogen) atoms. The lowest BCUT2D eigenvalue weighted by molar-refractivity contribution is 0.0611. The van der Waals surface area contributed by atoms with Gasteiger partial charge in [0.2, 0.25) is 0 Å². The average Bonchev–Trinajstić information content (AvgIpc) is 2.84. The number of fused-ring (bicyclic) bond motifs is 1. The highest BCUT2D eigenvalue weighted by molar-refractivity contribution is 5.94. The fraction of sp³-hybridized carbons (Fsp3) is 0.391. The predicted octanol–water partition coefficient (Wildman–Crippen LogP) is 2.45. The van der Waals surface area contributed by atoms with Crippen LogP contribution in [0.1, 0.15) is 23.2 Å². The van der Waals surface area contributed by atoms with Gasteiger partial charge >= 0.3 is 0 Å². The maximum Gasteiger partial charge on any atom is 0.253 e. The minimum Gasteiger partial charge on any atom is -0.353 e. The number of carbonyl (C=O) groups excluding carboxylic acids is 1. The van der Waals surface area contributed by atoms with E-state index in [0.717, 1.165) is 74.4 Å². The number of piperidine rings is 1. The molecule has 2 aliphatic heterocycles. The number of carbonyl (C=O) groups is 1. The lowest BCUT2D eigenvalue weighted by Gasteiger charge is -2.43. The van der Waals surface area contributed by atoms with E-state index in [1.54, 1.807) is 30.9 Å². The average molecular weight is 403 g/mol. The van der Waals surface area contributed by atoms with Crippen LogP contribution >= 0.6 is 0 Å². The Morgan fingerprint density at radius 2 is 1.60 bits per heavy atom. The zero-order chi connectivity index (χ0) is 20.3. The molecular formula is C23H26N6O. The van der Waals surface area contributed by atoms with E-state index in [9.17, 15) is 4.79 Å². The van der Waals surface area contributed by atoms with Crippen LogP contribution in [0.3, 0.4) is 0 Å². The molecule has 7 heteroatoms. The standard InChI is InChI=1S/C23H26N6O/c30-23(18-5-9-24-10-6-18)29-11-7-19(8-12-29)27-13-15-28(16-14-27)22-20-3-1-2-4-21(20)25-17-26-22/h1-6,9-10,17,19H,7-8,11-16H2. The molecule has 2 aliphatic rings. The minimum atomic E-state index is 0.122. The molecule has 4 heterocycles. The van der Waals surface area contributed by atoms with Gasteiger partial charge in [-0.2, -0.15) is 0 Å². The Morgan fingerprint density at radius 1 is 0.867 bits per heavy atom. The first-order chi connectivity index (χ1) is 14.8. The van der Waals surface area contributed by atoms with Gasteiger partial charge in [0.15, 0.2) is 0 Å². The van der Waals surface area contributed by atoms with Gasteiger partial charge in [-0.1, -0.05) is 12.1 Å². The number of pyridine rings is 1. The largest absolute Gasteiger partial charge is 0.353 e. The molecule has 0 unspecified atom stereocenters. The quantitative estimate of drug-likeness (QED) is 0.671.